The van der Waals surface area contributed by atoms with E-state index in [1.165, 1.54) is 0 Å². The number of piperazine rings is 1. The second-order valence-corrected chi connectivity index (χ2v) is 4.82. The summed E-state index contributed by atoms with van der Waals surface area (Å²) >= 11 is 0. The lowest BCUT2D eigenvalue weighted by molar-refractivity contribution is -0.146. The molecule has 0 aromatic heterocycles. The van der Waals surface area contributed by atoms with Crippen molar-refractivity contribution < 1.29 is 9.59 Å². The highest BCUT2D eigenvalue weighted by atomic mass is 16.2. The molecule has 2 aliphatic heterocycles. The molecule has 0 saturated carbocycles. The first-order valence-corrected chi connectivity index (χ1v) is 5.83. The van der Waals surface area contributed by atoms with Gasteiger partial charge in [0.05, 0.1) is 12.5 Å². The van der Waals surface area contributed by atoms with Crippen molar-refractivity contribution in [2.75, 3.05) is 39.8 Å². The summed E-state index contributed by atoms with van der Waals surface area (Å²) in [6, 6.07) is 0. The van der Waals surface area contributed by atoms with Crippen molar-refractivity contribution in [3.8, 4) is 0 Å². The van der Waals surface area contributed by atoms with Crippen molar-refractivity contribution in [1.29, 1.82) is 0 Å². The van der Waals surface area contributed by atoms with Gasteiger partial charge in [-0.25, -0.2) is 0 Å². The number of hydrogen-bond donors (Lipinski definition) is 1. The Morgan fingerprint density at radius 2 is 2.12 bits per heavy atom. The number of hydrogen-bond acceptors (Lipinski definition) is 3. The lowest BCUT2D eigenvalue weighted by Gasteiger charge is -2.34. The van der Waals surface area contributed by atoms with E-state index in [0.29, 0.717) is 19.0 Å². The molecule has 2 amide bonds. The van der Waals surface area contributed by atoms with Crippen molar-refractivity contribution in [3.05, 3.63) is 0 Å². The summed E-state index contributed by atoms with van der Waals surface area (Å²) in [6.45, 7) is 5.31. The van der Waals surface area contributed by atoms with E-state index < -0.39 is 0 Å². The fourth-order valence-electron chi connectivity index (χ4n) is 2.32. The molecule has 0 radical (unpaired) electrons. The molecule has 2 fully saturated rings. The summed E-state index contributed by atoms with van der Waals surface area (Å²) in [5.41, 5.74) is 0. The summed E-state index contributed by atoms with van der Waals surface area (Å²) in [4.78, 5) is 27.1. The van der Waals surface area contributed by atoms with Crippen LogP contribution >= 0.6 is 0 Å². The molecule has 0 aromatic rings. The Bertz CT molecular complexity index is 306. The third-order valence-corrected chi connectivity index (χ3v) is 3.60. The first-order chi connectivity index (χ1) is 7.59. The van der Waals surface area contributed by atoms with Crippen LogP contribution in [0.3, 0.4) is 0 Å². The summed E-state index contributed by atoms with van der Waals surface area (Å²) in [6.07, 6.45) is 0. The first-order valence-electron chi connectivity index (χ1n) is 5.83. The molecule has 5 heteroatoms. The maximum absolute atomic E-state index is 12.2. The zero-order valence-electron chi connectivity index (χ0n) is 9.90. The molecule has 2 atom stereocenters. The van der Waals surface area contributed by atoms with Gasteiger partial charge in [0, 0.05) is 26.7 Å². The van der Waals surface area contributed by atoms with Crippen molar-refractivity contribution in [2.45, 2.75) is 6.92 Å². The lowest BCUT2D eigenvalue weighted by Crippen LogP contribution is -2.52. The van der Waals surface area contributed by atoms with E-state index in [9.17, 15) is 9.59 Å². The highest BCUT2D eigenvalue weighted by Gasteiger charge is 2.35. The van der Waals surface area contributed by atoms with Crippen LogP contribution in [0.5, 0.6) is 0 Å². The third-order valence-electron chi connectivity index (χ3n) is 3.60. The van der Waals surface area contributed by atoms with Crippen LogP contribution in [0.2, 0.25) is 0 Å². The van der Waals surface area contributed by atoms with Gasteiger partial charge in [0.25, 0.3) is 0 Å². The Labute approximate surface area is 95.8 Å². The molecule has 5 nitrogen and oxygen atoms in total. The summed E-state index contributed by atoms with van der Waals surface area (Å²) in [5.74, 6) is 0.607. The number of amides is 2. The monoisotopic (exact) mass is 225 g/mol. The Morgan fingerprint density at radius 1 is 1.38 bits per heavy atom. The van der Waals surface area contributed by atoms with Gasteiger partial charge in [-0.1, -0.05) is 6.92 Å². The van der Waals surface area contributed by atoms with Crippen LogP contribution in [0.4, 0.5) is 0 Å². The number of rotatable bonds is 1. The standard InChI is InChI=1S/C11H19N3O2/c1-8-5-12-6-9(8)11(16)14-4-3-13(2)10(15)7-14/h8-9,12H,3-7H2,1-2H3. The summed E-state index contributed by atoms with van der Waals surface area (Å²) in [7, 11) is 1.78. The van der Waals surface area contributed by atoms with Crippen molar-refractivity contribution in [1.82, 2.24) is 15.1 Å². The highest BCUT2D eigenvalue weighted by molar-refractivity contribution is 5.87. The van der Waals surface area contributed by atoms with Crippen LogP contribution < -0.4 is 5.32 Å². The number of nitrogens with zero attached hydrogens (tertiary/aromatic N) is 2. The van der Waals surface area contributed by atoms with E-state index in [1.807, 2.05) is 0 Å². The average molecular weight is 225 g/mol. The number of carbonyl (C=O) groups is 2. The molecule has 2 heterocycles. The van der Waals surface area contributed by atoms with Crippen LogP contribution in [0.15, 0.2) is 0 Å². The topological polar surface area (TPSA) is 52.7 Å². The number of nitrogens with one attached hydrogen (secondary N) is 1. The molecule has 1 N–H and O–H groups in total. The Morgan fingerprint density at radius 3 is 2.69 bits per heavy atom. The highest BCUT2D eigenvalue weighted by Crippen LogP contribution is 2.19. The Kier molecular flexibility index (Phi) is 3.14. The first kappa shape index (κ1) is 11.4. The van der Waals surface area contributed by atoms with Crippen LogP contribution in [0, 0.1) is 11.8 Å². The SMILES string of the molecule is CC1CNCC1C(=O)N1CCN(C)C(=O)C1. The van der Waals surface area contributed by atoms with E-state index in [1.54, 1.807) is 16.8 Å². The van der Waals surface area contributed by atoms with Gasteiger partial charge in [-0.3, -0.25) is 9.59 Å². The maximum Gasteiger partial charge on any atom is 0.241 e. The predicted octanol–water partition coefficient (Wildman–Crippen LogP) is -0.857. The van der Waals surface area contributed by atoms with Crippen LogP contribution in [0.25, 0.3) is 0 Å². The number of likely N-dealkylation sites (N-methyl/N-ethyl adjacent to an activating group) is 1. The van der Waals surface area contributed by atoms with Gasteiger partial charge >= 0.3 is 0 Å². The third kappa shape index (κ3) is 2.04. The molecule has 0 aromatic carbocycles. The Hall–Kier alpha value is -1.10. The van der Waals surface area contributed by atoms with E-state index in [0.717, 1.165) is 13.1 Å². The van der Waals surface area contributed by atoms with Crippen molar-refractivity contribution in [2.24, 2.45) is 11.8 Å². The van der Waals surface area contributed by atoms with E-state index in [4.69, 9.17) is 0 Å². The fraction of sp³-hybridized carbons (Fsp3) is 0.818. The Balaban J connectivity index is 1.97. The van der Waals surface area contributed by atoms with Gasteiger partial charge in [-0.05, 0) is 12.5 Å². The molecule has 2 unspecified atom stereocenters. The molecular formula is C11H19N3O2. The molecule has 90 valence electrons. The summed E-state index contributed by atoms with van der Waals surface area (Å²) < 4.78 is 0. The van der Waals surface area contributed by atoms with E-state index in [2.05, 4.69) is 12.2 Å². The molecule has 2 saturated heterocycles. The van der Waals surface area contributed by atoms with Gasteiger partial charge in [0.1, 0.15) is 0 Å². The average Bonchev–Trinajstić information content (AvgIpc) is 2.67. The lowest BCUT2D eigenvalue weighted by atomic mass is 9.96. The van der Waals surface area contributed by atoms with Crippen LogP contribution in [-0.4, -0.2) is 61.4 Å². The van der Waals surface area contributed by atoms with Crippen molar-refractivity contribution in [3.63, 3.8) is 0 Å². The van der Waals surface area contributed by atoms with Gasteiger partial charge in [-0.15, -0.1) is 0 Å². The smallest absolute Gasteiger partial charge is 0.241 e. The molecule has 0 aliphatic carbocycles. The molecule has 2 aliphatic rings. The van der Waals surface area contributed by atoms with Gasteiger partial charge in [0.15, 0.2) is 0 Å². The predicted molar refractivity (Wildman–Crippen MR) is 59.7 cm³/mol. The van der Waals surface area contributed by atoms with Gasteiger partial charge in [-0.2, -0.15) is 0 Å². The molecule has 16 heavy (non-hydrogen) atoms. The molecule has 0 spiro atoms. The van der Waals surface area contributed by atoms with Crippen molar-refractivity contribution >= 4 is 11.8 Å². The second-order valence-electron chi connectivity index (χ2n) is 4.82. The molecular weight excluding hydrogens is 206 g/mol. The second kappa shape index (κ2) is 4.41. The summed E-state index contributed by atoms with van der Waals surface area (Å²) in [5, 5.41) is 3.22. The minimum absolute atomic E-state index is 0.0400. The van der Waals surface area contributed by atoms with Crippen LogP contribution in [0.1, 0.15) is 6.92 Å². The molecule has 0 bridgehead atoms. The minimum Gasteiger partial charge on any atom is -0.342 e. The quantitative estimate of drug-likeness (QED) is 0.632. The van der Waals surface area contributed by atoms with Gasteiger partial charge < -0.3 is 15.1 Å². The van der Waals surface area contributed by atoms with E-state index in [-0.39, 0.29) is 24.3 Å². The fourth-order valence-corrected chi connectivity index (χ4v) is 2.32. The normalized spacial score (nSPS) is 31.0. The zero-order chi connectivity index (χ0) is 11.7. The maximum atomic E-state index is 12.2. The molecule has 2 rings (SSSR count). The van der Waals surface area contributed by atoms with Gasteiger partial charge in [0.2, 0.25) is 11.8 Å². The zero-order valence-corrected chi connectivity index (χ0v) is 9.90. The van der Waals surface area contributed by atoms with Crippen LogP contribution in [-0.2, 0) is 9.59 Å². The van der Waals surface area contributed by atoms with E-state index >= 15 is 0 Å². The number of carbonyl (C=O) groups excluding carboxylic acids is 2. The largest absolute Gasteiger partial charge is 0.342 e. The minimum atomic E-state index is 0.0400.